The maximum atomic E-state index is 12.2. The van der Waals surface area contributed by atoms with Gasteiger partial charge < -0.3 is 10.0 Å². The van der Waals surface area contributed by atoms with E-state index in [0.717, 1.165) is 5.56 Å². The fraction of sp³-hybridized carbons (Fsp3) is 0.500. The van der Waals surface area contributed by atoms with Crippen LogP contribution < -0.4 is 0 Å². The van der Waals surface area contributed by atoms with Crippen molar-refractivity contribution in [2.45, 2.75) is 43.5 Å². The lowest BCUT2D eigenvalue weighted by Crippen LogP contribution is -2.39. The zero-order valence-electron chi connectivity index (χ0n) is 14.9. The Hall–Kier alpha value is -1.87. The Bertz CT molecular complexity index is 854. The molecule has 0 saturated carbocycles. The smallest absolute Gasteiger partial charge is 0.303 e. The lowest BCUT2D eigenvalue weighted by Gasteiger charge is -2.31. The van der Waals surface area contributed by atoms with E-state index in [1.807, 2.05) is 42.2 Å². The third kappa shape index (κ3) is 4.70. The van der Waals surface area contributed by atoms with Crippen LogP contribution in [0.15, 0.2) is 35.3 Å². The number of hydrogen-bond donors (Lipinski definition) is 1. The molecule has 27 heavy (non-hydrogen) atoms. The van der Waals surface area contributed by atoms with Crippen LogP contribution in [0.1, 0.15) is 37.8 Å². The third-order valence-corrected chi connectivity index (χ3v) is 8.03. The fourth-order valence-corrected chi connectivity index (χ4v) is 7.50. The van der Waals surface area contributed by atoms with Gasteiger partial charge in [0.1, 0.15) is 0 Å². The minimum absolute atomic E-state index is 0.0636. The summed E-state index contributed by atoms with van der Waals surface area (Å²) in [6.07, 6.45) is 0.236. The number of amides is 1. The SMILES string of the molecule is CC(c1ccccc1)N1C(=NC(=O)CCCC(=O)O)SC2CS(=O)(=O)CC21. The third-order valence-electron chi connectivity index (χ3n) is 4.81. The fourth-order valence-electron chi connectivity index (χ4n) is 3.49. The summed E-state index contributed by atoms with van der Waals surface area (Å²) in [5, 5.41) is 9.10. The van der Waals surface area contributed by atoms with Crippen LogP contribution in [0.2, 0.25) is 0 Å². The van der Waals surface area contributed by atoms with Gasteiger partial charge in [-0.25, -0.2) is 8.42 Å². The molecular formula is C18H22N2O5S2. The van der Waals surface area contributed by atoms with E-state index in [1.165, 1.54) is 11.8 Å². The van der Waals surface area contributed by atoms with Gasteiger partial charge in [0.05, 0.1) is 23.6 Å². The molecule has 2 aliphatic rings. The number of carbonyl (C=O) groups excluding carboxylic acids is 1. The standard InChI is InChI=1S/C18H22N2O5S2/c1-12(13-6-3-2-4-7-13)20-14-10-27(24,25)11-15(14)26-18(20)19-16(21)8-5-9-17(22)23/h2-4,6-7,12,14-15H,5,8-11H2,1H3,(H,22,23). The van der Waals surface area contributed by atoms with Crippen LogP contribution in [0.25, 0.3) is 0 Å². The van der Waals surface area contributed by atoms with E-state index in [0.29, 0.717) is 5.17 Å². The monoisotopic (exact) mass is 410 g/mol. The Labute approximate surface area is 162 Å². The highest BCUT2D eigenvalue weighted by atomic mass is 32.2. The van der Waals surface area contributed by atoms with Crippen molar-refractivity contribution in [2.75, 3.05) is 11.5 Å². The molecule has 0 aliphatic carbocycles. The van der Waals surface area contributed by atoms with Crippen molar-refractivity contribution < 1.29 is 23.1 Å². The van der Waals surface area contributed by atoms with Crippen molar-refractivity contribution in [3.63, 3.8) is 0 Å². The summed E-state index contributed by atoms with van der Waals surface area (Å²) >= 11 is 1.34. The van der Waals surface area contributed by atoms with Gasteiger partial charge in [-0.15, -0.1) is 0 Å². The number of thioether (sulfide) groups is 1. The second-order valence-electron chi connectivity index (χ2n) is 6.83. The molecule has 1 N–H and O–H groups in total. The average molecular weight is 411 g/mol. The summed E-state index contributed by atoms with van der Waals surface area (Å²) in [6.45, 7) is 1.98. The van der Waals surface area contributed by atoms with E-state index in [2.05, 4.69) is 4.99 Å². The number of sulfone groups is 1. The number of rotatable bonds is 6. The van der Waals surface area contributed by atoms with Gasteiger partial charge in [0, 0.05) is 18.1 Å². The molecule has 3 rings (SSSR count). The van der Waals surface area contributed by atoms with Crippen LogP contribution in [0, 0.1) is 0 Å². The number of amidine groups is 1. The Morgan fingerprint density at radius 1 is 1.26 bits per heavy atom. The lowest BCUT2D eigenvalue weighted by molar-refractivity contribution is -0.137. The molecule has 2 fully saturated rings. The number of aliphatic imine (C=N–C) groups is 1. The van der Waals surface area contributed by atoms with E-state index >= 15 is 0 Å². The van der Waals surface area contributed by atoms with Crippen molar-refractivity contribution in [3.8, 4) is 0 Å². The van der Waals surface area contributed by atoms with Gasteiger partial charge >= 0.3 is 5.97 Å². The minimum atomic E-state index is -3.10. The summed E-state index contributed by atoms with van der Waals surface area (Å²) in [5.41, 5.74) is 1.02. The van der Waals surface area contributed by atoms with Gasteiger partial charge in [0.25, 0.3) is 0 Å². The summed E-state index contributed by atoms with van der Waals surface area (Å²) in [6, 6.07) is 9.38. The predicted octanol–water partition coefficient (Wildman–Crippen LogP) is 2.10. The van der Waals surface area contributed by atoms with Gasteiger partial charge in [-0.05, 0) is 18.9 Å². The van der Waals surface area contributed by atoms with Crippen LogP contribution in [0.4, 0.5) is 0 Å². The zero-order chi connectivity index (χ0) is 19.6. The molecule has 1 amide bonds. The molecule has 9 heteroatoms. The molecule has 1 aromatic rings. The van der Waals surface area contributed by atoms with E-state index in [4.69, 9.17) is 5.11 Å². The molecule has 2 heterocycles. The number of carboxylic acid groups (broad SMARTS) is 1. The van der Waals surface area contributed by atoms with Crippen LogP contribution in [0.3, 0.4) is 0 Å². The lowest BCUT2D eigenvalue weighted by atomic mass is 10.1. The first-order chi connectivity index (χ1) is 12.8. The van der Waals surface area contributed by atoms with Crippen molar-refractivity contribution >= 4 is 38.6 Å². The van der Waals surface area contributed by atoms with Crippen molar-refractivity contribution in [1.82, 2.24) is 4.90 Å². The van der Waals surface area contributed by atoms with Crippen LogP contribution >= 0.6 is 11.8 Å². The Morgan fingerprint density at radius 3 is 2.63 bits per heavy atom. The molecule has 3 unspecified atom stereocenters. The molecule has 7 nitrogen and oxygen atoms in total. The highest BCUT2D eigenvalue weighted by Crippen LogP contribution is 2.42. The molecule has 0 spiro atoms. The second kappa shape index (κ2) is 8.02. The molecule has 0 radical (unpaired) electrons. The molecule has 3 atom stereocenters. The van der Waals surface area contributed by atoms with Crippen LogP contribution in [0.5, 0.6) is 0 Å². The average Bonchev–Trinajstić information content (AvgIpc) is 3.05. The maximum Gasteiger partial charge on any atom is 0.303 e. The van der Waals surface area contributed by atoms with Gasteiger partial charge in [-0.1, -0.05) is 42.1 Å². The van der Waals surface area contributed by atoms with E-state index < -0.39 is 15.8 Å². The first-order valence-corrected chi connectivity index (χ1v) is 11.5. The molecular weight excluding hydrogens is 388 g/mol. The molecule has 2 saturated heterocycles. The van der Waals surface area contributed by atoms with E-state index in [1.54, 1.807) is 0 Å². The van der Waals surface area contributed by atoms with Gasteiger partial charge in [-0.3, -0.25) is 9.59 Å². The number of carbonyl (C=O) groups is 2. The molecule has 0 bridgehead atoms. The molecule has 146 valence electrons. The zero-order valence-corrected chi connectivity index (χ0v) is 16.6. The number of nitrogens with zero attached hydrogens (tertiary/aromatic N) is 2. The topological polar surface area (TPSA) is 104 Å². The highest BCUT2D eigenvalue weighted by molar-refractivity contribution is 8.15. The number of aliphatic carboxylic acids is 1. The van der Waals surface area contributed by atoms with Crippen molar-refractivity contribution in [3.05, 3.63) is 35.9 Å². The van der Waals surface area contributed by atoms with Crippen LogP contribution in [-0.2, 0) is 19.4 Å². The summed E-state index contributed by atoms with van der Waals surface area (Å²) < 4.78 is 24.2. The van der Waals surface area contributed by atoms with Gasteiger partial charge in [-0.2, -0.15) is 4.99 Å². The molecule has 1 aromatic carbocycles. The summed E-state index contributed by atoms with van der Waals surface area (Å²) in [4.78, 5) is 29.0. The van der Waals surface area contributed by atoms with Crippen molar-refractivity contribution in [1.29, 1.82) is 0 Å². The number of fused-ring (bicyclic) bond motifs is 1. The first kappa shape index (κ1) is 19.9. The second-order valence-corrected chi connectivity index (χ2v) is 10.2. The van der Waals surface area contributed by atoms with Gasteiger partial charge in [0.15, 0.2) is 15.0 Å². The van der Waals surface area contributed by atoms with E-state index in [9.17, 15) is 18.0 Å². The summed E-state index contributed by atoms with van der Waals surface area (Å²) in [5.74, 6) is -1.16. The molecule has 2 aliphatic heterocycles. The quantitative estimate of drug-likeness (QED) is 0.766. The number of benzene rings is 1. The predicted molar refractivity (Wildman–Crippen MR) is 104 cm³/mol. The Morgan fingerprint density at radius 2 is 1.96 bits per heavy atom. The maximum absolute atomic E-state index is 12.2. The number of carboxylic acids is 1. The van der Waals surface area contributed by atoms with E-state index in [-0.39, 0.29) is 54.0 Å². The van der Waals surface area contributed by atoms with Gasteiger partial charge in [0.2, 0.25) is 5.91 Å². The Balaban J connectivity index is 1.83. The normalized spacial score (nSPS) is 26.1. The highest BCUT2D eigenvalue weighted by Gasteiger charge is 2.50. The van der Waals surface area contributed by atoms with Crippen molar-refractivity contribution in [2.24, 2.45) is 4.99 Å². The minimum Gasteiger partial charge on any atom is -0.481 e. The summed E-state index contributed by atoms with van der Waals surface area (Å²) in [7, 11) is -3.10. The Kier molecular flexibility index (Phi) is 5.90. The first-order valence-electron chi connectivity index (χ1n) is 8.80. The molecule has 0 aromatic heterocycles. The largest absolute Gasteiger partial charge is 0.481 e. The number of hydrogen-bond acceptors (Lipinski definition) is 5. The van der Waals surface area contributed by atoms with Crippen LogP contribution in [-0.4, -0.2) is 58.3 Å².